The van der Waals surface area contributed by atoms with Gasteiger partial charge >= 0.3 is 0 Å². The van der Waals surface area contributed by atoms with Gasteiger partial charge in [-0.2, -0.15) is 5.10 Å². The van der Waals surface area contributed by atoms with Crippen LogP contribution in [0.15, 0.2) is 41.7 Å². The molecule has 0 fully saturated rings. The fraction of sp³-hybridized carbons (Fsp3) is 0.400. The molecule has 0 aliphatic carbocycles. The van der Waals surface area contributed by atoms with Crippen molar-refractivity contribution in [3.63, 3.8) is 0 Å². The maximum atomic E-state index is 13.5. The van der Waals surface area contributed by atoms with Gasteiger partial charge in [0.05, 0.1) is 28.4 Å². The maximum absolute atomic E-state index is 13.5. The first-order chi connectivity index (χ1) is 13.5. The molecule has 1 aliphatic rings. The zero-order valence-corrected chi connectivity index (χ0v) is 17.7. The van der Waals surface area contributed by atoms with Crippen molar-refractivity contribution in [1.82, 2.24) is 14.7 Å². The van der Waals surface area contributed by atoms with Gasteiger partial charge in [0, 0.05) is 32.0 Å². The van der Waals surface area contributed by atoms with E-state index in [1.54, 1.807) is 30.1 Å². The molecule has 0 saturated heterocycles. The minimum Gasteiger partial charge on any atom is -0.383 e. The van der Waals surface area contributed by atoms with Crippen molar-refractivity contribution in [2.24, 2.45) is 0 Å². The van der Waals surface area contributed by atoms with Gasteiger partial charge in [-0.25, -0.2) is 4.68 Å². The Morgan fingerprint density at radius 3 is 2.75 bits per heavy atom. The van der Waals surface area contributed by atoms with Crippen LogP contribution in [0.1, 0.15) is 31.9 Å². The molecule has 1 unspecified atom stereocenters. The van der Waals surface area contributed by atoms with Crippen molar-refractivity contribution in [2.75, 3.05) is 32.1 Å². The Labute approximate surface area is 175 Å². The lowest BCUT2D eigenvalue weighted by atomic mass is 9.94. The Morgan fingerprint density at radius 1 is 1.29 bits per heavy atom. The van der Waals surface area contributed by atoms with Crippen LogP contribution in [-0.2, 0) is 9.53 Å². The maximum Gasteiger partial charge on any atom is 0.254 e. The Hall–Kier alpha value is -2.02. The summed E-state index contributed by atoms with van der Waals surface area (Å²) < 4.78 is 7.00. The molecule has 1 N–H and O–H groups in total. The molecule has 0 radical (unpaired) electrons. The van der Waals surface area contributed by atoms with Crippen LogP contribution in [0.3, 0.4) is 0 Å². The van der Waals surface area contributed by atoms with E-state index in [4.69, 9.17) is 27.9 Å². The molecule has 1 aromatic heterocycles. The number of carbonyl (C=O) groups is 1. The van der Waals surface area contributed by atoms with E-state index in [0.29, 0.717) is 35.3 Å². The number of benzene rings is 1. The standard InChI is InChI=1S/C20H24Cl2N4O2/c1-4-9-25(10-11-28-3)20(27)18-13(2)24-17-7-8-23-26(17)19(18)14-5-6-15(21)16(22)12-14/h5-8,12,19,24H,4,9-11H2,1-3H3. The summed E-state index contributed by atoms with van der Waals surface area (Å²) in [5.74, 6) is 0.783. The van der Waals surface area contributed by atoms with Gasteiger partial charge in [-0.15, -0.1) is 0 Å². The van der Waals surface area contributed by atoms with Gasteiger partial charge in [0.1, 0.15) is 11.9 Å². The summed E-state index contributed by atoms with van der Waals surface area (Å²) in [5.41, 5.74) is 2.29. The van der Waals surface area contributed by atoms with Gasteiger partial charge < -0.3 is 15.0 Å². The SMILES string of the molecule is CCCN(CCOC)C(=O)C1=C(C)Nc2ccnn2C1c1ccc(Cl)c(Cl)c1. The van der Waals surface area contributed by atoms with E-state index >= 15 is 0 Å². The molecule has 2 aromatic rings. The first-order valence-electron chi connectivity index (χ1n) is 9.22. The normalized spacial score (nSPS) is 16.0. The highest BCUT2D eigenvalue weighted by Crippen LogP contribution is 2.38. The van der Waals surface area contributed by atoms with Crippen molar-refractivity contribution in [3.8, 4) is 0 Å². The summed E-state index contributed by atoms with van der Waals surface area (Å²) in [4.78, 5) is 15.4. The number of hydrogen-bond acceptors (Lipinski definition) is 4. The highest BCUT2D eigenvalue weighted by molar-refractivity contribution is 6.42. The zero-order chi connectivity index (χ0) is 20.3. The van der Waals surface area contributed by atoms with Crippen LogP contribution < -0.4 is 5.32 Å². The van der Waals surface area contributed by atoms with Crippen molar-refractivity contribution in [3.05, 3.63) is 57.3 Å². The highest BCUT2D eigenvalue weighted by Gasteiger charge is 2.34. The predicted molar refractivity (Wildman–Crippen MR) is 112 cm³/mol. The minimum absolute atomic E-state index is 0.0406. The molecule has 8 heteroatoms. The molecule has 3 rings (SSSR count). The number of rotatable bonds is 7. The summed E-state index contributed by atoms with van der Waals surface area (Å²) >= 11 is 12.4. The van der Waals surface area contributed by atoms with E-state index in [1.165, 1.54) is 0 Å². The van der Waals surface area contributed by atoms with Crippen molar-refractivity contribution in [2.45, 2.75) is 26.3 Å². The number of halogens is 2. The van der Waals surface area contributed by atoms with Gasteiger partial charge in [-0.05, 0) is 31.0 Å². The largest absolute Gasteiger partial charge is 0.383 e. The number of nitrogens with one attached hydrogen (secondary N) is 1. The highest BCUT2D eigenvalue weighted by atomic mass is 35.5. The lowest BCUT2D eigenvalue weighted by Gasteiger charge is -2.33. The number of fused-ring (bicyclic) bond motifs is 1. The van der Waals surface area contributed by atoms with Gasteiger partial charge in [0.15, 0.2) is 0 Å². The van der Waals surface area contributed by atoms with Crippen LogP contribution in [0.25, 0.3) is 0 Å². The topological polar surface area (TPSA) is 59.4 Å². The van der Waals surface area contributed by atoms with Crippen LogP contribution in [0.4, 0.5) is 5.82 Å². The lowest BCUT2D eigenvalue weighted by Crippen LogP contribution is -2.40. The molecular weight excluding hydrogens is 399 g/mol. The third kappa shape index (κ3) is 4.04. The van der Waals surface area contributed by atoms with Gasteiger partial charge in [-0.3, -0.25) is 4.79 Å². The second-order valence-corrected chi connectivity index (χ2v) is 7.50. The number of anilines is 1. The Kier molecular flexibility index (Phi) is 6.65. The van der Waals surface area contributed by atoms with E-state index in [1.807, 2.05) is 24.0 Å². The van der Waals surface area contributed by atoms with Crippen LogP contribution in [0.2, 0.25) is 10.0 Å². The second kappa shape index (κ2) is 8.99. The van der Waals surface area contributed by atoms with Gasteiger partial charge in [-0.1, -0.05) is 36.2 Å². The molecule has 2 heterocycles. The van der Waals surface area contributed by atoms with Crippen LogP contribution >= 0.6 is 23.2 Å². The number of ether oxygens (including phenoxy) is 1. The van der Waals surface area contributed by atoms with E-state index in [2.05, 4.69) is 17.3 Å². The number of aromatic nitrogens is 2. The summed E-state index contributed by atoms with van der Waals surface area (Å²) in [6, 6.07) is 6.91. The molecule has 1 atom stereocenters. The third-order valence-corrected chi connectivity index (χ3v) is 5.48. The van der Waals surface area contributed by atoms with E-state index < -0.39 is 6.04 Å². The fourth-order valence-electron chi connectivity index (χ4n) is 3.43. The molecule has 0 spiro atoms. The molecule has 150 valence electrons. The smallest absolute Gasteiger partial charge is 0.254 e. The number of carbonyl (C=O) groups excluding carboxylic acids is 1. The molecule has 1 amide bonds. The number of allylic oxidation sites excluding steroid dienone is 1. The number of nitrogens with zero attached hydrogens (tertiary/aromatic N) is 3. The molecule has 1 aromatic carbocycles. The number of methoxy groups -OCH3 is 1. The van der Waals surface area contributed by atoms with E-state index in [9.17, 15) is 4.79 Å². The van der Waals surface area contributed by atoms with E-state index in [-0.39, 0.29) is 5.91 Å². The predicted octanol–water partition coefficient (Wildman–Crippen LogP) is 4.36. The van der Waals surface area contributed by atoms with Crippen LogP contribution in [0, 0.1) is 0 Å². The van der Waals surface area contributed by atoms with Crippen molar-refractivity contribution >= 4 is 34.9 Å². The first-order valence-corrected chi connectivity index (χ1v) is 9.98. The average Bonchev–Trinajstić information content (AvgIpc) is 3.13. The van der Waals surface area contributed by atoms with Crippen LogP contribution in [0.5, 0.6) is 0 Å². The average molecular weight is 423 g/mol. The fourth-order valence-corrected chi connectivity index (χ4v) is 3.74. The monoisotopic (exact) mass is 422 g/mol. The first kappa shape index (κ1) is 20.7. The summed E-state index contributed by atoms with van der Waals surface area (Å²) in [7, 11) is 1.63. The molecule has 0 saturated carbocycles. The number of amides is 1. The van der Waals surface area contributed by atoms with Crippen molar-refractivity contribution < 1.29 is 9.53 Å². The van der Waals surface area contributed by atoms with Gasteiger partial charge in [0.25, 0.3) is 5.91 Å². The molecular formula is C20H24Cl2N4O2. The Morgan fingerprint density at radius 2 is 2.07 bits per heavy atom. The Balaban J connectivity index is 2.07. The molecule has 6 nitrogen and oxygen atoms in total. The zero-order valence-electron chi connectivity index (χ0n) is 16.2. The van der Waals surface area contributed by atoms with E-state index in [0.717, 1.165) is 23.5 Å². The quantitative estimate of drug-likeness (QED) is 0.719. The molecule has 1 aliphatic heterocycles. The minimum atomic E-state index is -0.393. The second-order valence-electron chi connectivity index (χ2n) is 6.69. The Bertz CT molecular complexity index is 894. The number of hydrogen-bond donors (Lipinski definition) is 1. The summed E-state index contributed by atoms with van der Waals surface area (Å²) in [6.07, 6.45) is 2.57. The molecule has 28 heavy (non-hydrogen) atoms. The summed E-state index contributed by atoms with van der Waals surface area (Å²) in [6.45, 7) is 5.62. The van der Waals surface area contributed by atoms with Gasteiger partial charge in [0.2, 0.25) is 0 Å². The third-order valence-electron chi connectivity index (χ3n) is 4.74. The van der Waals surface area contributed by atoms with Crippen molar-refractivity contribution in [1.29, 1.82) is 0 Å². The summed E-state index contributed by atoms with van der Waals surface area (Å²) in [5, 5.41) is 8.66. The lowest BCUT2D eigenvalue weighted by molar-refractivity contribution is -0.128. The van der Waals surface area contributed by atoms with Crippen LogP contribution in [-0.4, -0.2) is 47.4 Å². The molecule has 0 bridgehead atoms.